The first-order valence-electron chi connectivity index (χ1n) is 8.94. The molecule has 6 nitrogen and oxygen atoms in total. The largest absolute Gasteiger partial charge is 0.346 e. The Kier molecular flexibility index (Phi) is 5.60. The van der Waals surface area contributed by atoms with Crippen LogP contribution < -0.4 is 5.32 Å². The summed E-state index contributed by atoms with van der Waals surface area (Å²) < 4.78 is 3.82. The van der Waals surface area contributed by atoms with Crippen molar-refractivity contribution in [2.75, 3.05) is 12.4 Å². The van der Waals surface area contributed by atoms with Gasteiger partial charge >= 0.3 is 0 Å². The normalized spacial score (nSPS) is 10.9. The quantitative estimate of drug-likeness (QED) is 0.685. The van der Waals surface area contributed by atoms with E-state index in [0.29, 0.717) is 11.7 Å². The number of thiocarbonyl (C=S) groups is 1. The van der Waals surface area contributed by atoms with Gasteiger partial charge in [0.05, 0.1) is 35.9 Å². The number of nitrogens with one attached hydrogen (secondary N) is 1. The van der Waals surface area contributed by atoms with E-state index >= 15 is 0 Å². The first-order chi connectivity index (χ1) is 12.8. The van der Waals surface area contributed by atoms with Crippen LogP contribution in [0, 0.1) is 20.8 Å². The van der Waals surface area contributed by atoms with E-state index in [4.69, 9.17) is 17.3 Å². The third-order valence-electron chi connectivity index (χ3n) is 4.71. The van der Waals surface area contributed by atoms with Gasteiger partial charge in [0.1, 0.15) is 0 Å². The maximum Gasteiger partial charge on any atom is 0.173 e. The Balaban J connectivity index is 1.72. The first kappa shape index (κ1) is 19.1. The van der Waals surface area contributed by atoms with E-state index in [-0.39, 0.29) is 0 Å². The lowest BCUT2D eigenvalue weighted by molar-refractivity contribution is 0.495. The van der Waals surface area contributed by atoms with Gasteiger partial charge in [0.25, 0.3) is 0 Å². The monoisotopic (exact) mass is 382 g/mol. The highest BCUT2D eigenvalue weighted by Crippen LogP contribution is 2.22. The predicted octanol–water partition coefficient (Wildman–Crippen LogP) is 3.42. The van der Waals surface area contributed by atoms with Gasteiger partial charge in [-0.05, 0) is 50.2 Å². The minimum absolute atomic E-state index is 0.655. The summed E-state index contributed by atoms with van der Waals surface area (Å²) in [4.78, 5) is 1.98. The molecule has 2 heterocycles. The molecule has 1 N–H and O–H groups in total. The third-order valence-corrected chi connectivity index (χ3v) is 5.12. The smallest absolute Gasteiger partial charge is 0.173 e. The second kappa shape index (κ2) is 7.92. The number of aryl methyl sites for hydroxylation is 3. The highest BCUT2D eigenvalue weighted by Gasteiger charge is 2.15. The number of rotatable bonds is 5. The molecule has 0 aliphatic heterocycles. The minimum Gasteiger partial charge on any atom is -0.346 e. The molecule has 0 spiro atoms. The summed E-state index contributed by atoms with van der Waals surface area (Å²) in [6.07, 6.45) is 1.93. The van der Waals surface area contributed by atoms with Crippen molar-refractivity contribution in [3.8, 4) is 0 Å². The molecule has 0 amide bonds. The molecular weight excluding hydrogens is 356 g/mol. The minimum atomic E-state index is 0.655. The molecular formula is C20H26N6S. The second-order valence-corrected chi connectivity index (χ2v) is 7.28. The van der Waals surface area contributed by atoms with Crippen LogP contribution in [0.25, 0.3) is 0 Å². The number of hydrogen-bond acceptors (Lipinski definition) is 3. The summed E-state index contributed by atoms with van der Waals surface area (Å²) in [6, 6.07) is 10.4. The molecule has 3 aromatic rings. The third kappa shape index (κ3) is 4.36. The van der Waals surface area contributed by atoms with Crippen LogP contribution in [0.3, 0.4) is 0 Å². The van der Waals surface area contributed by atoms with Gasteiger partial charge in [-0.15, -0.1) is 0 Å². The maximum absolute atomic E-state index is 5.59. The fourth-order valence-electron chi connectivity index (χ4n) is 3.05. The van der Waals surface area contributed by atoms with E-state index in [1.54, 1.807) is 4.68 Å². The van der Waals surface area contributed by atoms with Crippen molar-refractivity contribution in [2.24, 2.45) is 7.05 Å². The summed E-state index contributed by atoms with van der Waals surface area (Å²) in [7, 11) is 3.88. The summed E-state index contributed by atoms with van der Waals surface area (Å²) in [5.41, 5.74) is 6.50. The van der Waals surface area contributed by atoms with Crippen LogP contribution in [0.4, 0.5) is 5.69 Å². The first-order valence-corrected chi connectivity index (χ1v) is 9.35. The number of anilines is 1. The molecule has 7 heteroatoms. The van der Waals surface area contributed by atoms with Crippen LogP contribution in [0.2, 0.25) is 0 Å². The zero-order valence-electron chi connectivity index (χ0n) is 16.5. The van der Waals surface area contributed by atoms with Crippen LogP contribution in [0.15, 0.2) is 36.5 Å². The Morgan fingerprint density at radius 2 is 1.89 bits per heavy atom. The Morgan fingerprint density at radius 3 is 2.56 bits per heavy atom. The second-order valence-electron chi connectivity index (χ2n) is 6.90. The summed E-state index contributed by atoms with van der Waals surface area (Å²) in [5.74, 6) is 0. The van der Waals surface area contributed by atoms with Gasteiger partial charge in [0.2, 0.25) is 0 Å². The molecule has 0 saturated carbocycles. The van der Waals surface area contributed by atoms with Gasteiger partial charge in [0.15, 0.2) is 5.11 Å². The molecule has 0 aliphatic carbocycles. The molecule has 0 fully saturated rings. The van der Waals surface area contributed by atoms with Crippen molar-refractivity contribution in [2.45, 2.75) is 33.9 Å². The fraction of sp³-hybridized carbons (Fsp3) is 0.350. The van der Waals surface area contributed by atoms with Crippen molar-refractivity contribution < 1.29 is 0 Å². The van der Waals surface area contributed by atoms with Crippen LogP contribution >= 0.6 is 12.2 Å². The Hall–Kier alpha value is -2.67. The lowest BCUT2D eigenvalue weighted by Gasteiger charge is -2.20. The van der Waals surface area contributed by atoms with Crippen molar-refractivity contribution in [3.63, 3.8) is 0 Å². The van der Waals surface area contributed by atoms with E-state index in [1.165, 1.54) is 11.1 Å². The summed E-state index contributed by atoms with van der Waals surface area (Å²) >= 11 is 5.59. The summed E-state index contributed by atoms with van der Waals surface area (Å²) in [5, 5.41) is 13.1. The van der Waals surface area contributed by atoms with Crippen molar-refractivity contribution in [3.05, 3.63) is 64.7 Å². The van der Waals surface area contributed by atoms with Crippen LogP contribution in [-0.2, 0) is 20.1 Å². The zero-order chi connectivity index (χ0) is 19.6. The highest BCUT2D eigenvalue weighted by atomic mass is 32.1. The van der Waals surface area contributed by atoms with Crippen molar-refractivity contribution in [1.82, 2.24) is 24.5 Å². The number of hydrogen-bond donors (Lipinski definition) is 1. The maximum atomic E-state index is 5.59. The van der Waals surface area contributed by atoms with Gasteiger partial charge in [-0.2, -0.15) is 10.2 Å². The van der Waals surface area contributed by atoms with Gasteiger partial charge in [-0.1, -0.05) is 24.3 Å². The van der Waals surface area contributed by atoms with E-state index in [9.17, 15) is 0 Å². The van der Waals surface area contributed by atoms with Crippen molar-refractivity contribution in [1.29, 1.82) is 0 Å². The van der Waals surface area contributed by atoms with Gasteiger partial charge < -0.3 is 10.2 Å². The molecule has 0 atom stereocenters. The molecule has 0 bridgehead atoms. The van der Waals surface area contributed by atoms with E-state index in [2.05, 4.69) is 48.5 Å². The standard InChI is InChI=1S/C20H26N6S/c1-14-8-6-7-9-17(14)12-26-16(3)19(15(2)22-26)21-20(27)24(4)13-18-10-11-25(5)23-18/h6-11H,12-13H2,1-5H3,(H,21,27). The SMILES string of the molecule is Cc1ccccc1Cn1nc(C)c(NC(=S)N(C)Cc2ccn(C)n2)c1C. The average Bonchev–Trinajstić information content (AvgIpc) is 3.14. The zero-order valence-corrected chi connectivity index (χ0v) is 17.3. The Morgan fingerprint density at radius 1 is 1.15 bits per heavy atom. The van der Waals surface area contributed by atoms with Crippen LogP contribution in [0.5, 0.6) is 0 Å². The van der Waals surface area contributed by atoms with E-state index in [1.807, 2.05) is 42.9 Å². The molecule has 0 unspecified atom stereocenters. The molecule has 0 radical (unpaired) electrons. The van der Waals surface area contributed by atoms with Gasteiger partial charge in [0, 0.05) is 20.3 Å². The Labute approximate surface area is 165 Å². The van der Waals surface area contributed by atoms with Crippen LogP contribution in [0.1, 0.15) is 28.2 Å². The topological polar surface area (TPSA) is 50.9 Å². The van der Waals surface area contributed by atoms with Crippen LogP contribution in [-0.4, -0.2) is 36.6 Å². The fourth-order valence-corrected chi connectivity index (χ4v) is 3.21. The van der Waals surface area contributed by atoms with Gasteiger partial charge in [-0.25, -0.2) is 0 Å². The molecule has 3 rings (SSSR count). The number of nitrogens with zero attached hydrogens (tertiary/aromatic N) is 5. The highest BCUT2D eigenvalue weighted by molar-refractivity contribution is 7.80. The van der Waals surface area contributed by atoms with Gasteiger partial charge in [-0.3, -0.25) is 9.36 Å². The number of aromatic nitrogens is 4. The number of benzene rings is 1. The summed E-state index contributed by atoms with van der Waals surface area (Å²) in [6.45, 7) is 7.61. The van der Waals surface area contributed by atoms with E-state index < -0.39 is 0 Å². The Bertz CT molecular complexity index is 955. The van der Waals surface area contributed by atoms with E-state index in [0.717, 1.165) is 29.3 Å². The lowest BCUT2D eigenvalue weighted by atomic mass is 10.1. The molecule has 142 valence electrons. The molecule has 0 aliphatic rings. The average molecular weight is 383 g/mol. The molecule has 27 heavy (non-hydrogen) atoms. The molecule has 0 saturated heterocycles. The predicted molar refractivity (Wildman–Crippen MR) is 113 cm³/mol. The molecule has 1 aromatic carbocycles. The lowest BCUT2D eigenvalue weighted by Crippen LogP contribution is -2.31. The van der Waals surface area contributed by atoms with Crippen molar-refractivity contribution >= 4 is 23.0 Å². The molecule has 2 aromatic heterocycles.